The Morgan fingerprint density at radius 1 is 1.32 bits per heavy atom. The van der Waals surface area contributed by atoms with Gasteiger partial charge in [0.15, 0.2) is 16.4 Å². The molecule has 8 heteroatoms. The molecule has 148 valence electrons. The first-order valence-corrected chi connectivity index (χ1v) is 10.9. The average Bonchev–Trinajstić information content (AvgIpc) is 3.27. The summed E-state index contributed by atoms with van der Waals surface area (Å²) in [4.78, 5) is 4.80. The van der Waals surface area contributed by atoms with Gasteiger partial charge in [-0.15, -0.1) is 11.7 Å². The maximum absolute atomic E-state index is 13.3. The lowest BCUT2D eigenvalue weighted by atomic mass is 10.2. The van der Waals surface area contributed by atoms with Gasteiger partial charge >= 0.3 is 0 Å². The monoisotopic (exact) mass is 418 g/mol. The number of halogens is 1. The summed E-state index contributed by atoms with van der Waals surface area (Å²) in [5, 5.41) is 7.76. The number of aromatic nitrogens is 3. The van der Waals surface area contributed by atoms with Crippen LogP contribution in [0.25, 0.3) is 5.65 Å². The molecule has 0 unspecified atom stereocenters. The summed E-state index contributed by atoms with van der Waals surface area (Å²) in [6.07, 6.45) is 4.61. The van der Waals surface area contributed by atoms with Crippen LogP contribution in [-0.4, -0.2) is 30.1 Å². The van der Waals surface area contributed by atoms with Crippen molar-refractivity contribution in [2.75, 3.05) is 12.4 Å². The minimum atomic E-state index is -3.81. The normalized spacial score (nSPS) is 13.0. The molecular weight excluding hydrogens is 396 g/mol. The standard InChI is InChI=1S/C17H17ClN4O2S.C3H6/c1-10-13-7-4-8-14(13)22-17(20-10)15(16(19-2)21-22)25(23,24)12-6-3-5-11(18)9-12;1-3-2/h3,5-6,9H,4,7-8H2,1-2H3,(H,19,21);3H,1H2,2H3. The molecule has 0 aliphatic heterocycles. The maximum Gasteiger partial charge on any atom is 0.214 e. The molecular formula is C20H23ClN4O2S. The minimum absolute atomic E-state index is 0.0927. The van der Waals surface area contributed by atoms with Crippen LogP contribution in [0.3, 0.4) is 0 Å². The van der Waals surface area contributed by atoms with Crippen molar-refractivity contribution in [3.05, 3.63) is 58.9 Å². The Bertz CT molecular complexity index is 1150. The van der Waals surface area contributed by atoms with Crippen LogP contribution >= 0.6 is 11.6 Å². The molecule has 28 heavy (non-hydrogen) atoms. The zero-order valence-electron chi connectivity index (χ0n) is 16.2. The van der Waals surface area contributed by atoms with Crippen LogP contribution in [-0.2, 0) is 22.7 Å². The van der Waals surface area contributed by atoms with Gasteiger partial charge in [-0.1, -0.05) is 23.7 Å². The SMILES string of the molecule is C=CC.CNc1nn2c3c(c(C)nc2c1S(=O)(=O)c1cccc(Cl)c1)CCC3. The zero-order valence-corrected chi connectivity index (χ0v) is 17.7. The van der Waals surface area contributed by atoms with Crippen LogP contribution in [0.1, 0.15) is 30.3 Å². The Labute approximate surface area is 170 Å². The van der Waals surface area contributed by atoms with Crippen molar-refractivity contribution < 1.29 is 8.42 Å². The highest BCUT2D eigenvalue weighted by atomic mass is 35.5. The summed E-state index contributed by atoms with van der Waals surface area (Å²) in [6.45, 7) is 7.17. The Morgan fingerprint density at radius 3 is 2.68 bits per heavy atom. The van der Waals surface area contributed by atoms with Crippen molar-refractivity contribution in [1.82, 2.24) is 14.6 Å². The smallest absolute Gasteiger partial charge is 0.214 e. The fourth-order valence-electron chi connectivity index (χ4n) is 3.42. The van der Waals surface area contributed by atoms with Crippen LogP contribution in [0.5, 0.6) is 0 Å². The number of fused-ring (bicyclic) bond motifs is 3. The van der Waals surface area contributed by atoms with Crippen LogP contribution in [0.4, 0.5) is 5.82 Å². The molecule has 1 aliphatic rings. The summed E-state index contributed by atoms with van der Waals surface area (Å²) >= 11 is 5.99. The van der Waals surface area contributed by atoms with E-state index in [1.165, 1.54) is 17.7 Å². The number of allylic oxidation sites excluding steroid dienone is 1. The quantitative estimate of drug-likeness (QED) is 0.643. The van der Waals surface area contributed by atoms with E-state index in [0.717, 1.165) is 30.7 Å². The summed E-state index contributed by atoms with van der Waals surface area (Å²) in [6, 6.07) is 6.24. The van der Waals surface area contributed by atoms with Gasteiger partial charge in [-0.2, -0.15) is 0 Å². The van der Waals surface area contributed by atoms with E-state index in [4.69, 9.17) is 11.6 Å². The zero-order chi connectivity index (χ0) is 20.5. The molecule has 2 aromatic heterocycles. The first-order chi connectivity index (χ1) is 13.3. The third-order valence-electron chi connectivity index (χ3n) is 4.59. The molecule has 1 aromatic carbocycles. The highest BCUT2D eigenvalue weighted by Gasteiger charge is 2.31. The maximum atomic E-state index is 13.3. The van der Waals surface area contributed by atoms with Crippen molar-refractivity contribution >= 4 is 32.9 Å². The highest BCUT2D eigenvalue weighted by Crippen LogP contribution is 2.34. The molecule has 0 amide bonds. The lowest BCUT2D eigenvalue weighted by molar-refractivity contribution is 0.597. The molecule has 0 radical (unpaired) electrons. The van der Waals surface area contributed by atoms with Crippen molar-refractivity contribution in [1.29, 1.82) is 0 Å². The third-order valence-corrected chi connectivity index (χ3v) is 6.61. The number of hydrogen-bond acceptors (Lipinski definition) is 5. The lowest BCUT2D eigenvalue weighted by Gasteiger charge is -2.08. The Hall–Kier alpha value is -2.38. The number of rotatable bonds is 3. The molecule has 0 saturated heterocycles. The fourth-order valence-corrected chi connectivity index (χ4v) is 5.22. The van der Waals surface area contributed by atoms with Gasteiger partial charge in [-0.25, -0.2) is 17.9 Å². The van der Waals surface area contributed by atoms with Gasteiger partial charge in [0.05, 0.1) is 4.90 Å². The van der Waals surface area contributed by atoms with E-state index in [9.17, 15) is 8.42 Å². The largest absolute Gasteiger partial charge is 0.370 e. The minimum Gasteiger partial charge on any atom is -0.370 e. The molecule has 0 fully saturated rings. The molecule has 4 rings (SSSR count). The second kappa shape index (κ2) is 7.93. The van der Waals surface area contributed by atoms with Crippen LogP contribution in [0.2, 0.25) is 5.02 Å². The predicted octanol–water partition coefficient (Wildman–Crippen LogP) is 4.25. The van der Waals surface area contributed by atoms with E-state index >= 15 is 0 Å². The topological polar surface area (TPSA) is 76.4 Å². The van der Waals surface area contributed by atoms with Crippen LogP contribution in [0, 0.1) is 6.92 Å². The summed E-state index contributed by atoms with van der Waals surface area (Å²) in [5.74, 6) is 0.298. The molecule has 0 atom stereocenters. The molecule has 3 aromatic rings. The second-order valence-corrected chi connectivity index (χ2v) is 8.83. The molecule has 1 aliphatic carbocycles. The van der Waals surface area contributed by atoms with Crippen molar-refractivity contribution in [3.8, 4) is 0 Å². The Balaban J connectivity index is 0.000000706. The number of nitrogens with one attached hydrogen (secondary N) is 1. The Morgan fingerprint density at radius 2 is 2.04 bits per heavy atom. The second-order valence-electron chi connectivity index (χ2n) is 6.51. The Kier molecular flexibility index (Phi) is 5.76. The van der Waals surface area contributed by atoms with E-state index in [-0.39, 0.29) is 9.79 Å². The van der Waals surface area contributed by atoms with Crippen LogP contribution < -0.4 is 5.32 Å². The van der Waals surface area contributed by atoms with Gasteiger partial charge in [0.25, 0.3) is 0 Å². The molecule has 2 heterocycles. The number of nitrogens with zero attached hydrogens (tertiary/aromatic N) is 3. The molecule has 0 spiro atoms. The number of anilines is 1. The third kappa shape index (κ3) is 3.40. The van der Waals surface area contributed by atoms with Crippen LogP contribution in [0.15, 0.2) is 46.7 Å². The van der Waals surface area contributed by atoms with Crippen molar-refractivity contribution in [3.63, 3.8) is 0 Å². The number of hydrogen-bond donors (Lipinski definition) is 1. The summed E-state index contributed by atoms with van der Waals surface area (Å²) < 4.78 is 28.2. The first-order valence-electron chi connectivity index (χ1n) is 9.01. The number of sulfone groups is 1. The molecule has 1 N–H and O–H groups in total. The molecule has 0 saturated carbocycles. The van der Waals surface area contributed by atoms with Gasteiger partial charge in [-0.05, 0) is 56.9 Å². The van der Waals surface area contributed by atoms with Crippen molar-refractivity contribution in [2.45, 2.75) is 42.9 Å². The number of benzene rings is 1. The van der Waals surface area contributed by atoms with Crippen molar-refractivity contribution in [2.24, 2.45) is 0 Å². The van der Waals surface area contributed by atoms with E-state index in [0.29, 0.717) is 16.5 Å². The van der Waals surface area contributed by atoms with Gasteiger partial charge in [0.2, 0.25) is 9.84 Å². The molecule has 0 bridgehead atoms. The molecule has 6 nitrogen and oxygen atoms in total. The average molecular weight is 419 g/mol. The predicted molar refractivity (Wildman–Crippen MR) is 112 cm³/mol. The van der Waals surface area contributed by atoms with E-state index in [1.54, 1.807) is 29.8 Å². The van der Waals surface area contributed by atoms with Gasteiger partial charge in [-0.3, -0.25) is 0 Å². The summed E-state index contributed by atoms with van der Waals surface area (Å²) in [5.41, 5.74) is 3.45. The van der Waals surface area contributed by atoms with E-state index < -0.39 is 9.84 Å². The van der Waals surface area contributed by atoms with E-state index in [1.807, 2.05) is 13.8 Å². The lowest BCUT2D eigenvalue weighted by Crippen LogP contribution is -2.07. The fraction of sp³-hybridized carbons (Fsp3) is 0.300. The van der Waals surface area contributed by atoms with Gasteiger partial charge in [0.1, 0.15) is 0 Å². The van der Waals surface area contributed by atoms with Gasteiger partial charge < -0.3 is 5.32 Å². The number of aryl methyl sites for hydroxylation is 2. The van der Waals surface area contributed by atoms with E-state index in [2.05, 4.69) is 22.0 Å². The van der Waals surface area contributed by atoms with Gasteiger partial charge in [0, 0.05) is 23.5 Å². The highest BCUT2D eigenvalue weighted by molar-refractivity contribution is 7.91. The first kappa shape index (κ1) is 20.4. The summed E-state index contributed by atoms with van der Waals surface area (Å²) in [7, 11) is -2.16.